The molecule has 0 radical (unpaired) electrons. The molecule has 0 aromatic heterocycles. The Hall–Kier alpha value is -1.92. The van der Waals surface area contributed by atoms with Crippen LogP contribution in [0.15, 0.2) is 35.4 Å². The molecule has 0 N–H and O–H groups in total. The highest BCUT2D eigenvalue weighted by atomic mass is 16.5. The molecule has 2 fully saturated rings. The van der Waals surface area contributed by atoms with Crippen LogP contribution < -0.4 is 5.01 Å². The highest BCUT2D eigenvalue weighted by Crippen LogP contribution is 2.50. The Labute approximate surface area is 148 Å². The van der Waals surface area contributed by atoms with Gasteiger partial charge in [-0.1, -0.05) is 18.2 Å². The molecule has 3 aliphatic rings. The Morgan fingerprint density at radius 1 is 1.32 bits per heavy atom. The second-order valence-corrected chi connectivity index (χ2v) is 6.78. The van der Waals surface area contributed by atoms with Crippen LogP contribution in [-0.4, -0.2) is 55.2 Å². The molecule has 0 unspecified atom stereocenters. The normalized spacial score (nSPS) is 29.4. The lowest BCUT2D eigenvalue weighted by Crippen LogP contribution is -2.62. The molecule has 4 rings (SSSR count). The van der Waals surface area contributed by atoms with Gasteiger partial charge in [-0.05, 0) is 38.3 Å². The van der Waals surface area contributed by atoms with Crippen molar-refractivity contribution in [1.29, 1.82) is 0 Å². The molecule has 0 bridgehead atoms. The molecule has 1 aliphatic carbocycles. The zero-order valence-corrected chi connectivity index (χ0v) is 14.7. The van der Waals surface area contributed by atoms with Crippen molar-refractivity contribution in [3.63, 3.8) is 0 Å². The largest absolute Gasteiger partial charge is 0.461 e. The van der Waals surface area contributed by atoms with Crippen molar-refractivity contribution in [3.8, 4) is 0 Å². The van der Waals surface area contributed by atoms with Gasteiger partial charge < -0.3 is 9.47 Å². The number of hydrogen-bond donors (Lipinski definition) is 0. The van der Waals surface area contributed by atoms with Gasteiger partial charge in [-0.15, -0.1) is 0 Å². The molecule has 25 heavy (non-hydrogen) atoms. The van der Waals surface area contributed by atoms with Gasteiger partial charge in [0.15, 0.2) is 5.71 Å². The summed E-state index contributed by atoms with van der Waals surface area (Å²) >= 11 is 0. The number of benzene rings is 1. The number of morpholine rings is 1. The SMILES string of the molecule is CCOC(=O)C1=NN(c2ccccc2)[C@@]2(N3CCOCC3)CCC[C@@H]12. The molecular weight excluding hydrogens is 318 g/mol. The fraction of sp³-hybridized carbons (Fsp3) is 0.579. The highest BCUT2D eigenvalue weighted by molar-refractivity contribution is 6.38. The molecule has 1 saturated heterocycles. The van der Waals surface area contributed by atoms with Crippen LogP contribution in [-0.2, 0) is 14.3 Å². The Morgan fingerprint density at radius 3 is 2.80 bits per heavy atom. The number of fused-ring (bicyclic) bond motifs is 1. The number of esters is 1. The zero-order valence-electron chi connectivity index (χ0n) is 14.7. The minimum atomic E-state index is -0.273. The van der Waals surface area contributed by atoms with Crippen molar-refractivity contribution in [3.05, 3.63) is 30.3 Å². The monoisotopic (exact) mass is 343 g/mol. The van der Waals surface area contributed by atoms with Crippen LogP contribution in [0.2, 0.25) is 0 Å². The van der Waals surface area contributed by atoms with E-state index in [0.717, 1.165) is 51.3 Å². The van der Waals surface area contributed by atoms with Gasteiger partial charge in [0.1, 0.15) is 5.66 Å². The average Bonchev–Trinajstić information content (AvgIpc) is 3.22. The molecule has 6 heteroatoms. The highest BCUT2D eigenvalue weighted by Gasteiger charge is 2.59. The van der Waals surface area contributed by atoms with Crippen molar-refractivity contribution < 1.29 is 14.3 Å². The number of hydrazone groups is 1. The van der Waals surface area contributed by atoms with Crippen molar-refractivity contribution in [2.75, 3.05) is 37.9 Å². The van der Waals surface area contributed by atoms with E-state index in [0.29, 0.717) is 12.3 Å². The third-order valence-electron chi connectivity index (χ3n) is 5.54. The molecule has 2 atom stereocenters. The Kier molecular flexibility index (Phi) is 4.48. The molecule has 0 amide bonds. The van der Waals surface area contributed by atoms with Crippen molar-refractivity contribution in [1.82, 2.24) is 4.90 Å². The van der Waals surface area contributed by atoms with Gasteiger partial charge in [-0.2, -0.15) is 5.10 Å². The van der Waals surface area contributed by atoms with Crippen molar-refractivity contribution >= 4 is 17.4 Å². The summed E-state index contributed by atoms with van der Waals surface area (Å²) in [7, 11) is 0. The number of carbonyl (C=O) groups excluding carboxylic acids is 1. The van der Waals surface area contributed by atoms with E-state index in [1.54, 1.807) is 0 Å². The predicted octanol–water partition coefficient (Wildman–Crippen LogP) is 2.25. The summed E-state index contributed by atoms with van der Waals surface area (Å²) in [5.74, 6) is -0.185. The Balaban J connectivity index is 1.77. The minimum Gasteiger partial charge on any atom is -0.461 e. The minimum absolute atomic E-state index is 0.0878. The predicted molar refractivity (Wildman–Crippen MR) is 95.5 cm³/mol. The van der Waals surface area contributed by atoms with Crippen LogP contribution in [0.1, 0.15) is 26.2 Å². The van der Waals surface area contributed by atoms with Crippen LogP contribution in [0.25, 0.3) is 0 Å². The zero-order chi connectivity index (χ0) is 17.3. The average molecular weight is 343 g/mol. The number of hydrogen-bond acceptors (Lipinski definition) is 6. The second-order valence-electron chi connectivity index (χ2n) is 6.78. The summed E-state index contributed by atoms with van der Waals surface area (Å²) in [5, 5.41) is 6.89. The summed E-state index contributed by atoms with van der Waals surface area (Å²) < 4.78 is 10.9. The summed E-state index contributed by atoms with van der Waals surface area (Å²) in [4.78, 5) is 15.0. The molecule has 1 aromatic rings. The van der Waals surface area contributed by atoms with Crippen molar-refractivity contribution in [2.24, 2.45) is 11.0 Å². The lowest BCUT2D eigenvalue weighted by atomic mass is 9.89. The fourth-order valence-corrected chi connectivity index (χ4v) is 4.55. The topological polar surface area (TPSA) is 54.4 Å². The smallest absolute Gasteiger partial charge is 0.354 e. The number of ether oxygens (including phenoxy) is 2. The van der Waals surface area contributed by atoms with E-state index < -0.39 is 0 Å². The van der Waals surface area contributed by atoms with E-state index in [4.69, 9.17) is 14.6 Å². The van der Waals surface area contributed by atoms with Crippen LogP contribution in [0.4, 0.5) is 5.69 Å². The molecule has 2 aliphatic heterocycles. The molecule has 134 valence electrons. The number of carbonyl (C=O) groups is 1. The summed E-state index contributed by atoms with van der Waals surface area (Å²) in [6.07, 6.45) is 3.06. The van der Waals surface area contributed by atoms with E-state index in [2.05, 4.69) is 22.0 Å². The first-order valence-corrected chi connectivity index (χ1v) is 9.21. The Bertz CT molecular complexity index is 657. The maximum Gasteiger partial charge on any atom is 0.354 e. The maximum atomic E-state index is 12.6. The lowest BCUT2D eigenvalue weighted by molar-refractivity contribution is -0.135. The summed E-state index contributed by atoms with van der Waals surface area (Å²) in [5.41, 5.74) is 1.34. The van der Waals surface area contributed by atoms with E-state index in [-0.39, 0.29) is 17.6 Å². The van der Waals surface area contributed by atoms with Gasteiger partial charge >= 0.3 is 5.97 Å². The van der Waals surface area contributed by atoms with E-state index in [1.807, 2.05) is 25.1 Å². The first-order valence-electron chi connectivity index (χ1n) is 9.21. The fourth-order valence-electron chi connectivity index (χ4n) is 4.55. The van der Waals surface area contributed by atoms with Crippen LogP contribution >= 0.6 is 0 Å². The second kappa shape index (κ2) is 6.77. The standard InChI is InChI=1S/C19H25N3O3/c1-2-25-18(23)17-16-9-6-10-19(16,21-11-13-24-14-12-21)22(20-17)15-7-4-3-5-8-15/h3-5,7-8,16H,2,6,9-14H2,1H3/t16-,19-/m0/s1. The van der Waals surface area contributed by atoms with Gasteiger partial charge in [-0.3, -0.25) is 4.90 Å². The van der Waals surface area contributed by atoms with Crippen LogP contribution in [0.3, 0.4) is 0 Å². The lowest BCUT2D eigenvalue weighted by Gasteiger charge is -2.48. The Morgan fingerprint density at radius 2 is 2.08 bits per heavy atom. The molecule has 6 nitrogen and oxygen atoms in total. The van der Waals surface area contributed by atoms with Gasteiger partial charge in [0, 0.05) is 19.0 Å². The van der Waals surface area contributed by atoms with E-state index >= 15 is 0 Å². The third-order valence-corrected chi connectivity index (χ3v) is 5.54. The van der Waals surface area contributed by atoms with Crippen molar-refractivity contribution in [2.45, 2.75) is 31.8 Å². The maximum absolute atomic E-state index is 12.6. The van der Waals surface area contributed by atoms with Gasteiger partial charge in [-0.25, -0.2) is 9.80 Å². The van der Waals surface area contributed by atoms with Gasteiger partial charge in [0.05, 0.1) is 25.5 Å². The number of para-hydroxylation sites is 1. The summed E-state index contributed by atoms with van der Waals surface area (Å²) in [6, 6.07) is 10.2. The summed E-state index contributed by atoms with van der Waals surface area (Å²) in [6.45, 7) is 5.40. The quantitative estimate of drug-likeness (QED) is 0.785. The molecular formula is C19H25N3O3. The van der Waals surface area contributed by atoms with Gasteiger partial charge in [0.2, 0.25) is 0 Å². The van der Waals surface area contributed by atoms with Crippen LogP contribution in [0, 0.1) is 5.92 Å². The first kappa shape index (κ1) is 16.5. The third kappa shape index (κ3) is 2.64. The van der Waals surface area contributed by atoms with Gasteiger partial charge in [0.25, 0.3) is 0 Å². The number of rotatable bonds is 4. The molecule has 2 heterocycles. The molecule has 1 aromatic carbocycles. The van der Waals surface area contributed by atoms with E-state index in [9.17, 15) is 4.79 Å². The first-order chi connectivity index (χ1) is 12.3. The van der Waals surface area contributed by atoms with Crippen LogP contribution in [0.5, 0.6) is 0 Å². The number of anilines is 1. The molecule has 1 saturated carbocycles. The van der Waals surface area contributed by atoms with E-state index in [1.165, 1.54) is 0 Å². The number of nitrogens with zero attached hydrogens (tertiary/aromatic N) is 3. The molecule has 0 spiro atoms.